The first kappa shape index (κ1) is 13.9. The van der Waals surface area contributed by atoms with E-state index < -0.39 is 18.2 Å². The minimum absolute atomic E-state index is 0.122. The summed E-state index contributed by atoms with van der Waals surface area (Å²) < 4.78 is 38.2. The van der Waals surface area contributed by atoms with Crippen LogP contribution >= 0.6 is 0 Å². The minimum Gasteiger partial charge on any atom is -0.376 e. The van der Waals surface area contributed by atoms with Gasteiger partial charge in [-0.2, -0.15) is 13.2 Å². The number of amides is 1. The van der Waals surface area contributed by atoms with Gasteiger partial charge in [0.05, 0.1) is 6.33 Å². The first-order valence-corrected chi connectivity index (χ1v) is 5.81. The van der Waals surface area contributed by atoms with Gasteiger partial charge in [0.2, 0.25) is 6.10 Å². The van der Waals surface area contributed by atoms with Gasteiger partial charge in [0.15, 0.2) is 0 Å². The third-order valence-electron chi connectivity index (χ3n) is 3.23. The van der Waals surface area contributed by atoms with Crippen LogP contribution < -0.4 is 5.32 Å². The molecule has 1 fully saturated rings. The van der Waals surface area contributed by atoms with Crippen LogP contribution in [-0.4, -0.2) is 39.4 Å². The van der Waals surface area contributed by atoms with Crippen molar-refractivity contribution < 1.29 is 23.1 Å². The second kappa shape index (κ2) is 4.84. The highest BCUT2D eigenvalue weighted by molar-refractivity contribution is 5.81. The van der Waals surface area contributed by atoms with Crippen molar-refractivity contribution in [2.75, 3.05) is 6.54 Å². The van der Waals surface area contributed by atoms with Gasteiger partial charge in [0.1, 0.15) is 0 Å². The Hall–Kier alpha value is -1.57. The number of hydrogen-bond donors (Lipinski definition) is 2. The number of carbonyl (C=O) groups excluding carboxylic acids is 1. The van der Waals surface area contributed by atoms with E-state index in [0.717, 1.165) is 12.8 Å². The van der Waals surface area contributed by atoms with E-state index in [0.29, 0.717) is 6.54 Å². The lowest BCUT2D eigenvalue weighted by atomic mass is 10.1. The summed E-state index contributed by atoms with van der Waals surface area (Å²) in [5.41, 5.74) is -0.221. The van der Waals surface area contributed by atoms with Gasteiger partial charge in [0, 0.05) is 30.9 Å². The maximum Gasteiger partial charge on any atom is 0.423 e. The normalized spacial score (nSPS) is 18.9. The summed E-state index contributed by atoms with van der Waals surface area (Å²) in [4.78, 5) is 15.0. The zero-order chi connectivity index (χ0) is 14.1. The van der Waals surface area contributed by atoms with Gasteiger partial charge >= 0.3 is 6.18 Å². The summed E-state index contributed by atoms with van der Waals surface area (Å²) in [5.74, 6) is -1.40. The van der Waals surface area contributed by atoms with Gasteiger partial charge in [-0.15, -0.1) is 0 Å². The Labute approximate surface area is 107 Å². The standard InChI is InChI=1S/C11H14F3N3O2/c12-11(13,14)8(18)9(19)16-5-10(1-2-10)6-17-4-3-15-7-17/h3-4,7-8,18H,1-2,5-6H2,(H,16,19). The molecule has 0 aliphatic heterocycles. The molecule has 1 aliphatic carbocycles. The molecule has 1 amide bonds. The number of halogens is 3. The number of hydrogen-bond acceptors (Lipinski definition) is 3. The molecule has 19 heavy (non-hydrogen) atoms. The average molecular weight is 277 g/mol. The predicted octanol–water partition coefficient (Wildman–Crippen LogP) is 0.703. The molecule has 5 nitrogen and oxygen atoms in total. The number of aliphatic hydroxyl groups is 1. The van der Waals surface area contributed by atoms with Gasteiger partial charge in [-0.1, -0.05) is 0 Å². The average Bonchev–Trinajstić information content (AvgIpc) is 2.89. The van der Waals surface area contributed by atoms with Crippen LogP contribution in [0, 0.1) is 5.41 Å². The summed E-state index contributed by atoms with van der Waals surface area (Å²) in [7, 11) is 0. The molecule has 0 radical (unpaired) electrons. The van der Waals surface area contributed by atoms with E-state index in [1.807, 2.05) is 4.57 Å². The molecular formula is C11H14F3N3O2. The van der Waals surface area contributed by atoms with Crippen LogP contribution in [0.25, 0.3) is 0 Å². The van der Waals surface area contributed by atoms with Crippen molar-refractivity contribution in [2.45, 2.75) is 31.7 Å². The van der Waals surface area contributed by atoms with Gasteiger partial charge in [-0.05, 0) is 12.8 Å². The van der Waals surface area contributed by atoms with Crippen LogP contribution in [0.5, 0.6) is 0 Å². The highest BCUT2D eigenvalue weighted by atomic mass is 19.4. The molecule has 0 bridgehead atoms. The molecule has 1 aromatic rings. The van der Waals surface area contributed by atoms with Gasteiger partial charge < -0.3 is 15.0 Å². The van der Waals surface area contributed by atoms with Crippen LogP contribution in [0.2, 0.25) is 0 Å². The Kier molecular flexibility index (Phi) is 3.53. The van der Waals surface area contributed by atoms with Crippen LogP contribution in [-0.2, 0) is 11.3 Å². The fraction of sp³-hybridized carbons (Fsp3) is 0.636. The number of aromatic nitrogens is 2. The molecule has 1 aliphatic rings. The van der Waals surface area contributed by atoms with E-state index in [-0.39, 0.29) is 12.0 Å². The van der Waals surface area contributed by atoms with Gasteiger partial charge in [-0.3, -0.25) is 4.79 Å². The molecule has 1 heterocycles. The number of imidazole rings is 1. The molecule has 1 atom stereocenters. The Morgan fingerprint density at radius 1 is 1.53 bits per heavy atom. The summed E-state index contributed by atoms with van der Waals surface area (Å²) in [6, 6.07) is 0. The van der Waals surface area contributed by atoms with Crippen molar-refractivity contribution in [3.63, 3.8) is 0 Å². The van der Waals surface area contributed by atoms with Crippen LogP contribution in [0.4, 0.5) is 13.2 Å². The lowest BCUT2D eigenvalue weighted by molar-refractivity contribution is -0.205. The monoisotopic (exact) mass is 277 g/mol. The first-order valence-electron chi connectivity index (χ1n) is 5.81. The molecule has 8 heteroatoms. The third-order valence-corrected chi connectivity index (χ3v) is 3.23. The second-order valence-electron chi connectivity index (χ2n) is 4.90. The van der Waals surface area contributed by atoms with E-state index >= 15 is 0 Å². The Balaban J connectivity index is 1.84. The van der Waals surface area contributed by atoms with Crippen molar-refractivity contribution in [1.82, 2.24) is 14.9 Å². The van der Waals surface area contributed by atoms with E-state index in [1.165, 1.54) is 0 Å². The van der Waals surface area contributed by atoms with Gasteiger partial charge in [0.25, 0.3) is 5.91 Å². The second-order valence-corrected chi connectivity index (χ2v) is 4.90. The van der Waals surface area contributed by atoms with Crippen molar-refractivity contribution in [3.05, 3.63) is 18.7 Å². The molecule has 0 saturated heterocycles. The number of nitrogens with zero attached hydrogens (tertiary/aromatic N) is 2. The number of aliphatic hydroxyl groups excluding tert-OH is 1. The Bertz CT molecular complexity index is 441. The van der Waals surface area contributed by atoms with E-state index in [1.54, 1.807) is 18.7 Å². The number of alkyl halides is 3. The highest BCUT2D eigenvalue weighted by Gasteiger charge is 2.46. The zero-order valence-corrected chi connectivity index (χ0v) is 10.0. The highest BCUT2D eigenvalue weighted by Crippen LogP contribution is 2.46. The number of rotatable bonds is 5. The summed E-state index contributed by atoms with van der Waals surface area (Å²) >= 11 is 0. The predicted molar refractivity (Wildman–Crippen MR) is 59.0 cm³/mol. The first-order chi connectivity index (χ1) is 8.82. The summed E-state index contributed by atoms with van der Waals surface area (Å²) in [6.45, 7) is 0.715. The van der Waals surface area contributed by atoms with E-state index in [9.17, 15) is 18.0 Å². The quantitative estimate of drug-likeness (QED) is 0.832. The molecule has 1 saturated carbocycles. The smallest absolute Gasteiger partial charge is 0.376 e. The lowest BCUT2D eigenvalue weighted by Gasteiger charge is -2.19. The third kappa shape index (κ3) is 3.46. The number of carbonyl (C=O) groups is 1. The largest absolute Gasteiger partial charge is 0.423 e. The molecule has 0 spiro atoms. The van der Waals surface area contributed by atoms with Crippen molar-refractivity contribution in [3.8, 4) is 0 Å². The fourth-order valence-corrected chi connectivity index (χ4v) is 1.86. The summed E-state index contributed by atoms with van der Waals surface area (Å²) in [6.07, 6.45) is -1.25. The molecular weight excluding hydrogens is 263 g/mol. The van der Waals surface area contributed by atoms with Crippen LogP contribution in [0.15, 0.2) is 18.7 Å². The Morgan fingerprint density at radius 3 is 2.68 bits per heavy atom. The lowest BCUT2D eigenvalue weighted by Crippen LogP contribution is -2.46. The van der Waals surface area contributed by atoms with E-state index in [2.05, 4.69) is 10.3 Å². The van der Waals surface area contributed by atoms with Crippen LogP contribution in [0.1, 0.15) is 12.8 Å². The van der Waals surface area contributed by atoms with Gasteiger partial charge in [-0.25, -0.2) is 4.98 Å². The van der Waals surface area contributed by atoms with Crippen molar-refractivity contribution in [1.29, 1.82) is 0 Å². The van der Waals surface area contributed by atoms with Crippen molar-refractivity contribution >= 4 is 5.91 Å². The fourth-order valence-electron chi connectivity index (χ4n) is 1.86. The zero-order valence-electron chi connectivity index (χ0n) is 10.0. The molecule has 0 aromatic carbocycles. The minimum atomic E-state index is -4.93. The molecule has 2 N–H and O–H groups in total. The Morgan fingerprint density at radius 2 is 2.21 bits per heavy atom. The molecule has 1 aromatic heterocycles. The van der Waals surface area contributed by atoms with Crippen LogP contribution in [0.3, 0.4) is 0 Å². The summed E-state index contributed by atoms with van der Waals surface area (Å²) in [5, 5.41) is 10.9. The molecule has 2 rings (SSSR count). The molecule has 1 unspecified atom stereocenters. The maximum absolute atomic E-state index is 12.1. The van der Waals surface area contributed by atoms with Crippen molar-refractivity contribution in [2.24, 2.45) is 5.41 Å². The SMILES string of the molecule is O=C(NCC1(Cn2ccnc2)CC1)C(O)C(F)(F)F. The molecule has 106 valence electrons. The topological polar surface area (TPSA) is 67.2 Å². The van der Waals surface area contributed by atoms with E-state index in [4.69, 9.17) is 5.11 Å². The maximum atomic E-state index is 12.1. The number of nitrogens with one attached hydrogen (secondary N) is 1.